The molecule has 50 heavy (non-hydrogen) atoms. The Balaban J connectivity index is 1.58. The Morgan fingerprint density at radius 2 is 0.960 bits per heavy atom. The number of hydrogen-bond donors (Lipinski definition) is 4. The van der Waals surface area contributed by atoms with E-state index in [0.29, 0.717) is 25.0 Å². The van der Waals surface area contributed by atoms with Crippen LogP contribution in [0.2, 0.25) is 0 Å². The number of benzene rings is 2. The summed E-state index contributed by atoms with van der Waals surface area (Å²) in [6.45, 7) is 7.41. The first-order valence-corrected chi connectivity index (χ1v) is 20.6. The van der Waals surface area contributed by atoms with Crippen molar-refractivity contribution in [2.45, 2.75) is 98.9 Å². The molecule has 6 N–H and O–H groups in total. The van der Waals surface area contributed by atoms with Crippen molar-refractivity contribution in [3.63, 3.8) is 0 Å². The Bertz CT molecular complexity index is 1430. The highest BCUT2D eigenvalue weighted by molar-refractivity contribution is 7.99. The van der Waals surface area contributed by atoms with Gasteiger partial charge in [-0.05, 0) is 36.1 Å². The van der Waals surface area contributed by atoms with E-state index < -0.39 is 0 Å². The molecule has 0 amide bonds. The van der Waals surface area contributed by atoms with Crippen LogP contribution in [0.4, 0.5) is 11.9 Å². The molecule has 0 unspecified atom stereocenters. The van der Waals surface area contributed by atoms with E-state index in [-0.39, 0.29) is 23.7 Å². The van der Waals surface area contributed by atoms with Gasteiger partial charge in [0.15, 0.2) is 0 Å². The van der Waals surface area contributed by atoms with Crippen LogP contribution in [0.5, 0.6) is 0 Å². The third-order valence-electron chi connectivity index (χ3n) is 9.41. The fourth-order valence-electron chi connectivity index (χ4n) is 7.03. The van der Waals surface area contributed by atoms with Gasteiger partial charge < -0.3 is 22.1 Å². The fraction of sp³-hybridized carbons (Fsp3) is 0.500. The highest BCUT2D eigenvalue weighted by Gasteiger charge is 2.54. The average Bonchev–Trinajstić information content (AvgIpc) is 3.13. The zero-order valence-corrected chi connectivity index (χ0v) is 31.5. The van der Waals surface area contributed by atoms with Gasteiger partial charge in [-0.1, -0.05) is 113 Å². The van der Waals surface area contributed by atoms with Gasteiger partial charge in [0.2, 0.25) is 11.9 Å². The minimum atomic E-state index is 0.117. The molecule has 8 nitrogen and oxygen atoms in total. The maximum absolute atomic E-state index is 5.96. The van der Waals surface area contributed by atoms with Gasteiger partial charge in [0.25, 0.3) is 0 Å². The van der Waals surface area contributed by atoms with Crippen LogP contribution in [-0.2, 0) is 0 Å². The van der Waals surface area contributed by atoms with E-state index in [1.807, 2.05) is 0 Å². The summed E-state index contributed by atoms with van der Waals surface area (Å²) >= 11 is 3.41. The molecule has 2 heterocycles. The van der Waals surface area contributed by atoms with Crippen molar-refractivity contribution in [1.29, 1.82) is 0 Å². The molecule has 268 valence electrons. The van der Waals surface area contributed by atoms with E-state index >= 15 is 0 Å². The number of rotatable bonds is 22. The number of anilines is 2. The van der Waals surface area contributed by atoms with Gasteiger partial charge in [0.1, 0.15) is 10.1 Å². The van der Waals surface area contributed by atoms with Crippen LogP contribution >= 0.6 is 23.5 Å². The summed E-state index contributed by atoms with van der Waals surface area (Å²) < 4.78 is 0. The van der Waals surface area contributed by atoms with Crippen LogP contribution in [0.15, 0.2) is 82.8 Å². The molecule has 0 aliphatic heterocycles. The van der Waals surface area contributed by atoms with Gasteiger partial charge in [-0.25, -0.2) is 19.9 Å². The second-order valence-electron chi connectivity index (χ2n) is 13.1. The van der Waals surface area contributed by atoms with Crippen LogP contribution in [-0.4, -0.2) is 57.6 Å². The third kappa shape index (κ3) is 10.4. The molecular weight excluding hydrogens is 657 g/mol. The summed E-state index contributed by atoms with van der Waals surface area (Å²) in [4.78, 5) is 20.4. The number of aromatic nitrogens is 4. The lowest BCUT2D eigenvalue weighted by atomic mass is 9.50. The van der Waals surface area contributed by atoms with Crippen LogP contribution < -0.4 is 22.1 Å². The molecule has 10 heteroatoms. The van der Waals surface area contributed by atoms with Crippen LogP contribution in [0.1, 0.15) is 111 Å². The van der Waals surface area contributed by atoms with E-state index in [2.05, 4.69) is 97.3 Å². The van der Waals surface area contributed by atoms with Crippen LogP contribution in [0, 0.1) is 0 Å². The molecule has 2 aromatic carbocycles. The summed E-state index contributed by atoms with van der Waals surface area (Å²) in [5.41, 5.74) is 16.6. The average molecular weight is 713 g/mol. The van der Waals surface area contributed by atoms with Crippen molar-refractivity contribution in [3.8, 4) is 0 Å². The number of hydrogen-bond acceptors (Lipinski definition) is 10. The van der Waals surface area contributed by atoms with Crippen LogP contribution in [0.25, 0.3) is 0 Å². The second kappa shape index (κ2) is 20.6. The number of unbranched alkanes of at least 4 members (excludes halogenated alkanes) is 6. The lowest BCUT2D eigenvalue weighted by Crippen LogP contribution is -2.41. The van der Waals surface area contributed by atoms with Crippen molar-refractivity contribution >= 4 is 35.4 Å². The zero-order chi connectivity index (χ0) is 35.0. The Kier molecular flexibility index (Phi) is 15.7. The number of nitrogens with one attached hydrogen (secondary N) is 2. The van der Waals surface area contributed by atoms with Crippen molar-refractivity contribution in [2.24, 2.45) is 11.5 Å². The van der Waals surface area contributed by atoms with E-state index in [1.165, 1.54) is 49.7 Å². The smallest absolute Gasteiger partial charge is 0.223 e. The molecule has 0 radical (unpaired) electrons. The van der Waals surface area contributed by atoms with Gasteiger partial charge in [-0.15, -0.1) is 23.5 Å². The second-order valence-corrected chi connectivity index (χ2v) is 15.3. The van der Waals surface area contributed by atoms with Gasteiger partial charge in [0.05, 0.1) is 11.4 Å². The third-order valence-corrected chi connectivity index (χ3v) is 11.3. The summed E-state index contributed by atoms with van der Waals surface area (Å²) in [7, 11) is 0. The molecule has 0 spiro atoms. The van der Waals surface area contributed by atoms with Gasteiger partial charge >= 0.3 is 0 Å². The van der Waals surface area contributed by atoms with Crippen LogP contribution in [0.3, 0.4) is 0 Å². The first-order valence-electron chi connectivity index (χ1n) is 18.7. The van der Waals surface area contributed by atoms with E-state index in [4.69, 9.17) is 31.4 Å². The lowest BCUT2D eigenvalue weighted by molar-refractivity contribution is 0.219. The van der Waals surface area contributed by atoms with Crippen molar-refractivity contribution in [1.82, 2.24) is 19.9 Å². The minimum absolute atomic E-state index is 0.117. The number of nitrogens with zero attached hydrogens (tertiary/aromatic N) is 4. The molecule has 0 saturated heterocycles. The Morgan fingerprint density at radius 3 is 1.34 bits per heavy atom. The van der Waals surface area contributed by atoms with E-state index in [0.717, 1.165) is 58.9 Å². The van der Waals surface area contributed by atoms with Gasteiger partial charge in [-0.3, -0.25) is 0 Å². The first-order chi connectivity index (χ1) is 24.7. The predicted octanol–water partition coefficient (Wildman–Crippen LogP) is 8.80. The SMILES string of the molecule is CCCCCCNc1nc(SCCN)cc([C@H]2[C@H](c3ccccc3)[C@H](c3cc(SCCN)nc(NCCCCCC)n3)[C@H]2c2ccccc2)n1. The maximum atomic E-state index is 5.96. The molecule has 1 fully saturated rings. The quantitative estimate of drug-likeness (QED) is 0.0357. The maximum Gasteiger partial charge on any atom is 0.223 e. The molecule has 1 aliphatic carbocycles. The lowest BCUT2D eigenvalue weighted by Gasteiger charge is -2.52. The highest BCUT2D eigenvalue weighted by atomic mass is 32.2. The topological polar surface area (TPSA) is 128 Å². The highest BCUT2D eigenvalue weighted by Crippen LogP contribution is 2.66. The molecule has 5 rings (SSSR count). The molecule has 4 aromatic rings. The summed E-state index contributed by atoms with van der Waals surface area (Å²) in [5.74, 6) is 3.57. The van der Waals surface area contributed by atoms with E-state index in [9.17, 15) is 0 Å². The van der Waals surface area contributed by atoms with Crippen molar-refractivity contribution in [3.05, 3.63) is 95.3 Å². The summed E-state index contributed by atoms with van der Waals surface area (Å²) in [6.07, 6.45) is 9.52. The van der Waals surface area contributed by atoms with Gasteiger partial charge in [-0.2, -0.15) is 0 Å². The molecule has 2 aromatic heterocycles. The zero-order valence-electron chi connectivity index (χ0n) is 29.9. The monoisotopic (exact) mass is 712 g/mol. The Morgan fingerprint density at radius 1 is 0.540 bits per heavy atom. The first kappa shape index (κ1) is 38.1. The van der Waals surface area contributed by atoms with Crippen molar-refractivity contribution in [2.75, 3.05) is 48.3 Å². The Hall–Kier alpha value is -3.18. The standard InChI is InChI=1S/C40H56N8S2/c1-3-5-7-15-23-43-39-45-31(27-33(47-39)49-25-21-41)37-35(29-17-11-9-12-18-29)38(36(37)30-19-13-10-14-20-30)32-28-34(50-26-22-42)48-40(46-32)44-24-16-8-6-4-2/h9-14,17-20,27-28,35-38H,3-8,15-16,21-26,41-42H2,1-2H3,(H,43,45,47)(H,44,46,48)/t35-,36-,37-,38-. The van der Waals surface area contributed by atoms with Gasteiger partial charge in [0, 0.05) is 61.4 Å². The molecule has 0 bridgehead atoms. The largest absolute Gasteiger partial charge is 0.354 e. The molecular formula is C40H56N8S2. The summed E-state index contributed by atoms with van der Waals surface area (Å²) in [6, 6.07) is 26.3. The molecule has 1 aliphatic rings. The molecule has 1 saturated carbocycles. The number of nitrogens with two attached hydrogens (primary N) is 2. The Labute approximate surface area is 308 Å². The molecule has 0 atom stereocenters. The van der Waals surface area contributed by atoms with Crippen molar-refractivity contribution < 1.29 is 0 Å². The predicted molar refractivity (Wildman–Crippen MR) is 213 cm³/mol. The fourth-order valence-corrected chi connectivity index (χ4v) is 8.39. The number of thioether (sulfide) groups is 2. The summed E-state index contributed by atoms with van der Waals surface area (Å²) in [5, 5.41) is 9.08. The van der Waals surface area contributed by atoms with E-state index in [1.54, 1.807) is 23.5 Å². The minimum Gasteiger partial charge on any atom is -0.354 e. The normalized spacial score (nSPS) is 18.5.